The summed E-state index contributed by atoms with van der Waals surface area (Å²) < 4.78 is 43.2. The minimum Gasteiger partial charge on any atom is -0.330 e. The molecular weight excluding hydrogens is 453 g/mol. The second-order valence-corrected chi connectivity index (χ2v) is 9.18. The molecule has 0 fully saturated rings. The summed E-state index contributed by atoms with van der Waals surface area (Å²) in [4.78, 5) is 19.5. The van der Waals surface area contributed by atoms with Crippen LogP contribution in [0.5, 0.6) is 0 Å². The fourth-order valence-corrected chi connectivity index (χ4v) is 5.41. The van der Waals surface area contributed by atoms with Gasteiger partial charge in [-0.25, -0.2) is 4.98 Å². The molecule has 4 aromatic rings. The van der Waals surface area contributed by atoms with Crippen LogP contribution in [0.25, 0.3) is 21.6 Å². The van der Waals surface area contributed by atoms with Crippen LogP contribution in [0.2, 0.25) is 0 Å². The van der Waals surface area contributed by atoms with Crippen molar-refractivity contribution in [1.29, 1.82) is 0 Å². The fourth-order valence-electron chi connectivity index (χ4n) is 4.62. The van der Waals surface area contributed by atoms with E-state index in [1.165, 1.54) is 18.4 Å². The Morgan fingerprint density at radius 3 is 2.61 bits per heavy atom. The molecular formula is C22H21F3N6OS. The molecule has 1 atom stereocenters. The molecule has 0 N–H and O–H groups in total. The molecule has 1 aromatic carbocycles. The number of amides is 1. The van der Waals surface area contributed by atoms with Crippen molar-refractivity contribution >= 4 is 27.5 Å². The lowest BCUT2D eigenvalue weighted by Crippen LogP contribution is -2.39. The van der Waals surface area contributed by atoms with Gasteiger partial charge in [0.15, 0.2) is 0 Å². The maximum Gasteiger partial charge on any atom is 0.433 e. The standard InChI is InChI=1S/C22H21F3N6OS/c1-11-7-13(8-16-18(11)26-10-33-16)21(32)31-6-5-14-19(12(31)2)28-30(4)20(14)15-9-17(22(23,24)25)29(3)27-15/h7-10,12H,5-6H2,1-4H3. The molecule has 1 aliphatic rings. The van der Waals surface area contributed by atoms with Crippen molar-refractivity contribution in [3.8, 4) is 11.4 Å². The molecule has 0 spiro atoms. The molecule has 33 heavy (non-hydrogen) atoms. The van der Waals surface area contributed by atoms with Crippen molar-refractivity contribution in [1.82, 2.24) is 29.4 Å². The number of nitrogens with zero attached hydrogens (tertiary/aromatic N) is 6. The van der Waals surface area contributed by atoms with Gasteiger partial charge in [0, 0.05) is 31.8 Å². The van der Waals surface area contributed by atoms with Gasteiger partial charge in [0.1, 0.15) is 11.4 Å². The Morgan fingerprint density at radius 2 is 1.91 bits per heavy atom. The number of thiazole rings is 1. The van der Waals surface area contributed by atoms with Crippen LogP contribution in [-0.2, 0) is 26.7 Å². The predicted molar refractivity (Wildman–Crippen MR) is 118 cm³/mol. The SMILES string of the molecule is Cc1cc(C(=O)N2CCc3c(nn(C)c3-c3cc(C(F)(F)F)n(C)n3)C2C)cc2scnc12. The average Bonchev–Trinajstić information content (AvgIpc) is 3.44. The number of halogens is 3. The number of benzene rings is 1. The number of hydrogen-bond donors (Lipinski definition) is 0. The molecule has 0 saturated heterocycles. The maximum atomic E-state index is 13.4. The highest BCUT2D eigenvalue weighted by Crippen LogP contribution is 2.38. The first-order chi connectivity index (χ1) is 15.6. The first-order valence-corrected chi connectivity index (χ1v) is 11.3. The van der Waals surface area contributed by atoms with Gasteiger partial charge < -0.3 is 4.90 Å². The zero-order valence-electron chi connectivity index (χ0n) is 18.4. The minimum atomic E-state index is -4.49. The van der Waals surface area contributed by atoms with Crippen molar-refractivity contribution in [2.75, 3.05) is 6.54 Å². The van der Waals surface area contributed by atoms with Gasteiger partial charge in [-0.3, -0.25) is 14.2 Å². The Morgan fingerprint density at radius 1 is 1.15 bits per heavy atom. The van der Waals surface area contributed by atoms with Crippen LogP contribution in [0.15, 0.2) is 23.7 Å². The maximum absolute atomic E-state index is 13.4. The van der Waals surface area contributed by atoms with Gasteiger partial charge in [0.05, 0.1) is 33.2 Å². The van der Waals surface area contributed by atoms with E-state index in [-0.39, 0.29) is 17.6 Å². The van der Waals surface area contributed by atoms with E-state index < -0.39 is 11.9 Å². The minimum absolute atomic E-state index is 0.101. The summed E-state index contributed by atoms with van der Waals surface area (Å²) >= 11 is 1.49. The Labute approximate surface area is 191 Å². The summed E-state index contributed by atoms with van der Waals surface area (Å²) in [5.41, 5.74) is 5.66. The summed E-state index contributed by atoms with van der Waals surface area (Å²) in [5, 5.41) is 8.68. The number of carbonyl (C=O) groups excluding carboxylic acids is 1. The van der Waals surface area contributed by atoms with Crippen LogP contribution in [-0.4, -0.2) is 41.9 Å². The van der Waals surface area contributed by atoms with Gasteiger partial charge in [-0.15, -0.1) is 11.3 Å². The Balaban J connectivity index is 1.50. The van der Waals surface area contributed by atoms with Crippen LogP contribution in [0.4, 0.5) is 13.2 Å². The zero-order chi connectivity index (χ0) is 23.7. The third kappa shape index (κ3) is 3.41. The summed E-state index contributed by atoms with van der Waals surface area (Å²) in [7, 11) is 2.97. The van der Waals surface area contributed by atoms with Crippen molar-refractivity contribution in [3.05, 3.63) is 51.8 Å². The second kappa shape index (κ2) is 7.41. The molecule has 0 bridgehead atoms. The molecule has 0 radical (unpaired) electrons. The van der Waals surface area contributed by atoms with Gasteiger partial charge in [-0.05, 0) is 44.0 Å². The first kappa shape index (κ1) is 21.6. The molecule has 0 saturated carbocycles. The fraction of sp³-hybridized carbons (Fsp3) is 0.364. The van der Waals surface area contributed by atoms with Gasteiger partial charge in [0.25, 0.3) is 5.91 Å². The second-order valence-electron chi connectivity index (χ2n) is 8.29. The van der Waals surface area contributed by atoms with Crippen molar-refractivity contribution in [2.45, 2.75) is 32.5 Å². The lowest BCUT2D eigenvalue weighted by atomic mass is 9.96. The Bertz CT molecular complexity index is 1400. The van der Waals surface area contributed by atoms with Gasteiger partial charge >= 0.3 is 6.18 Å². The molecule has 0 aliphatic carbocycles. The number of aromatic nitrogens is 5. The monoisotopic (exact) mass is 474 g/mol. The zero-order valence-corrected chi connectivity index (χ0v) is 19.3. The van der Waals surface area contributed by atoms with Crippen LogP contribution >= 0.6 is 11.3 Å². The van der Waals surface area contributed by atoms with Gasteiger partial charge in [0.2, 0.25) is 0 Å². The number of carbonyl (C=O) groups is 1. The van der Waals surface area contributed by atoms with Gasteiger partial charge in [-0.1, -0.05) is 0 Å². The summed E-state index contributed by atoms with van der Waals surface area (Å²) in [5.74, 6) is -0.101. The van der Waals surface area contributed by atoms with Crippen molar-refractivity contribution in [2.24, 2.45) is 14.1 Å². The van der Waals surface area contributed by atoms with Crippen LogP contribution in [0, 0.1) is 6.92 Å². The number of fused-ring (bicyclic) bond motifs is 2. The molecule has 1 amide bonds. The highest BCUT2D eigenvalue weighted by atomic mass is 32.1. The normalized spacial score (nSPS) is 16.5. The summed E-state index contributed by atoms with van der Waals surface area (Å²) in [6, 6.07) is 4.43. The summed E-state index contributed by atoms with van der Waals surface area (Å²) in [6.45, 7) is 4.26. The molecule has 1 unspecified atom stereocenters. The average molecular weight is 475 g/mol. The molecule has 172 valence electrons. The molecule has 3 aromatic heterocycles. The highest BCUT2D eigenvalue weighted by Gasteiger charge is 2.37. The topological polar surface area (TPSA) is 68.8 Å². The van der Waals surface area contributed by atoms with Crippen LogP contribution < -0.4 is 0 Å². The third-order valence-electron chi connectivity index (χ3n) is 6.19. The largest absolute Gasteiger partial charge is 0.433 e. The third-order valence-corrected chi connectivity index (χ3v) is 6.97. The Kier molecular flexibility index (Phi) is 4.85. The van der Waals surface area contributed by atoms with E-state index in [0.29, 0.717) is 29.9 Å². The van der Waals surface area contributed by atoms with Gasteiger partial charge in [-0.2, -0.15) is 23.4 Å². The van der Waals surface area contributed by atoms with E-state index in [0.717, 1.165) is 32.1 Å². The first-order valence-electron chi connectivity index (χ1n) is 10.4. The van der Waals surface area contributed by atoms with E-state index in [9.17, 15) is 18.0 Å². The van der Waals surface area contributed by atoms with Crippen molar-refractivity contribution < 1.29 is 18.0 Å². The van der Waals surface area contributed by atoms with E-state index in [1.54, 1.807) is 22.1 Å². The van der Waals surface area contributed by atoms with Crippen LogP contribution in [0.1, 0.15) is 45.8 Å². The molecule has 5 rings (SSSR count). The quantitative estimate of drug-likeness (QED) is 0.429. The number of hydrogen-bond acceptors (Lipinski definition) is 5. The number of alkyl halides is 3. The lowest BCUT2D eigenvalue weighted by Gasteiger charge is -2.33. The van der Waals surface area contributed by atoms with E-state index in [4.69, 9.17) is 0 Å². The van der Waals surface area contributed by atoms with Crippen molar-refractivity contribution in [3.63, 3.8) is 0 Å². The number of aryl methyl sites for hydroxylation is 3. The molecule has 1 aliphatic heterocycles. The molecule has 4 heterocycles. The predicted octanol–water partition coefficient (Wildman–Crippen LogP) is 4.52. The van der Waals surface area contributed by atoms with E-state index in [2.05, 4.69) is 15.2 Å². The molecule has 7 nitrogen and oxygen atoms in total. The smallest absolute Gasteiger partial charge is 0.330 e. The van der Waals surface area contributed by atoms with Crippen LogP contribution in [0.3, 0.4) is 0 Å². The lowest BCUT2D eigenvalue weighted by molar-refractivity contribution is -0.143. The molecule has 11 heteroatoms. The summed E-state index contributed by atoms with van der Waals surface area (Å²) in [6.07, 6.45) is -4.01. The Hall–Kier alpha value is -3.21. The highest BCUT2D eigenvalue weighted by molar-refractivity contribution is 7.16. The van der Waals surface area contributed by atoms with E-state index >= 15 is 0 Å². The number of rotatable bonds is 2. The van der Waals surface area contributed by atoms with E-state index in [1.807, 2.05) is 26.0 Å².